The Hall–Kier alpha value is -0.260. The highest BCUT2D eigenvalue weighted by atomic mass is 13.9. The van der Waals surface area contributed by atoms with Gasteiger partial charge >= 0.3 is 0 Å². The first-order valence-electron chi connectivity index (χ1n) is 4.27. The number of unbranched alkanes of at least 4 members (excludes halogenated alkanes) is 3. The van der Waals surface area contributed by atoms with Gasteiger partial charge in [-0.15, -0.1) is 0 Å². The molecule has 0 saturated carbocycles. The van der Waals surface area contributed by atoms with Crippen molar-refractivity contribution in [1.29, 1.82) is 0 Å². The summed E-state index contributed by atoms with van der Waals surface area (Å²) < 4.78 is 0. The molecule has 0 nitrogen and oxygen atoms in total. The lowest BCUT2D eigenvalue weighted by Crippen LogP contribution is -1.77. The van der Waals surface area contributed by atoms with Crippen LogP contribution in [-0.2, 0) is 0 Å². The molecule has 0 heterocycles. The van der Waals surface area contributed by atoms with Gasteiger partial charge in [0.25, 0.3) is 0 Å². The van der Waals surface area contributed by atoms with E-state index in [-0.39, 0.29) is 0 Å². The van der Waals surface area contributed by atoms with E-state index in [1.54, 1.807) is 0 Å². The minimum atomic E-state index is 0.474. The molecule has 0 aliphatic rings. The molecule has 0 spiro atoms. The predicted molar refractivity (Wildman–Crippen MR) is 47.8 cm³/mol. The topological polar surface area (TPSA) is 0 Å². The smallest absolute Gasteiger partial charge is 0.0262 e. The monoisotopic (exact) mass is 139 g/mol. The third-order valence-corrected chi connectivity index (χ3v) is 1.44. The molecule has 0 fully saturated rings. The molecule has 0 aromatic rings. The Kier molecular flexibility index (Phi) is 6.68. The van der Waals surface area contributed by atoms with Crippen molar-refractivity contribution in [1.82, 2.24) is 0 Å². The molecule has 1 atom stereocenters. The first-order valence-corrected chi connectivity index (χ1v) is 4.27. The van der Waals surface area contributed by atoms with Crippen molar-refractivity contribution >= 4 is 0 Å². The van der Waals surface area contributed by atoms with Crippen LogP contribution in [0.5, 0.6) is 0 Å². The van der Waals surface area contributed by atoms with E-state index in [4.69, 9.17) is 0 Å². The van der Waals surface area contributed by atoms with Crippen LogP contribution in [0.1, 0.15) is 39.5 Å². The Morgan fingerprint density at radius 2 is 2.10 bits per heavy atom. The Balaban J connectivity index is 3.02. The van der Waals surface area contributed by atoms with Crippen molar-refractivity contribution < 1.29 is 0 Å². The zero-order valence-corrected chi connectivity index (χ0v) is 7.27. The molecule has 0 rings (SSSR count). The van der Waals surface area contributed by atoms with Crippen LogP contribution in [0.2, 0.25) is 0 Å². The van der Waals surface area contributed by atoms with E-state index in [0.717, 1.165) is 0 Å². The summed E-state index contributed by atoms with van der Waals surface area (Å²) in [5.41, 5.74) is 0. The number of hydrogen-bond donors (Lipinski definition) is 0. The van der Waals surface area contributed by atoms with Gasteiger partial charge in [0.05, 0.1) is 0 Å². The summed E-state index contributed by atoms with van der Waals surface area (Å²) in [6.07, 6.45) is 9.65. The summed E-state index contributed by atoms with van der Waals surface area (Å²) in [7, 11) is 0. The number of hydrogen-bond acceptors (Lipinski definition) is 0. The normalized spacial score (nSPS) is 11.6. The van der Waals surface area contributed by atoms with Gasteiger partial charge < -0.3 is 0 Å². The summed E-state index contributed by atoms with van der Waals surface area (Å²) in [5.74, 6) is 0.474. The van der Waals surface area contributed by atoms with Gasteiger partial charge in [0.15, 0.2) is 0 Å². The molecule has 0 aromatic carbocycles. The lowest BCUT2D eigenvalue weighted by molar-refractivity contribution is 0.726. The molecule has 59 valence electrons. The van der Waals surface area contributed by atoms with Gasteiger partial charge in [0, 0.05) is 0 Å². The van der Waals surface area contributed by atoms with Gasteiger partial charge in [-0.2, -0.15) is 0 Å². The molecule has 0 N–H and O–H groups in total. The standard InChI is InChI=1S/C10H19/c1-4-5-6-7-8-9-10(2)3/h8-10H,2,4-7H2,1,3H3/b9-8+. The SMILES string of the molecule is [CH2]C(C)/C=C/CCCCC. The fourth-order valence-corrected chi connectivity index (χ4v) is 0.841. The zero-order valence-electron chi connectivity index (χ0n) is 7.27. The third kappa shape index (κ3) is 7.74. The second-order valence-electron chi connectivity index (χ2n) is 2.90. The fourth-order valence-electron chi connectivity index (χ4n) is 0.841. The highest BCUT2D eigenvalue weighted by Gasteiger charge is 1.84. The van der Waals surface area contributed by atoms with Crippen LogP contribution < -0.4 is 0 Å². The molecule has 0 aromatic heterocycles. The Labute approximate surface area is 65.3 Å². The summed E-state index contributed by atoms with van der Waals surface area (Å²) in [5, 5.41) is 0. The minimum absolute atomic E-state index is 0.474. The average molecular weight is 139 g/mol. The molecule has 0 aliphatic heterocycles. The second-order valence-corrected chi connectivity index (χ2v) is 2.90. The molecule has 0 saturated heterocycles. The highest BCUT2D eigenvalue weighted by molar-refractivity contribution is 4.87. The Bertz CT molecular complexity index is 80.0. The van der Waals surface area contributed by atoms with Crippen molar-refractivity contribution in [2.45, 2.75) is 39.5 Å². The van der Waals surface area contributed by atoms with Gasteiger partial charge in [-0.05, 0) is 25.7 Å². The van der Waals surface area contributed by atoms with E-state index < -0.39 is 0 Å². The van der Waals surface area contributed by atoms with Crippen LogP contribution in [0.4, 0.5) is 0 Å². The molecule has 0 heteroatoms. The van der Waals surface area contributed by atoms with Crippen molar-refractivity contribution in [3.63, 3.8) is 0 Å². The molecular weight excluding hydrogens is 120 g/mol. The maximum atomic E-state index is 3.87. The first-order chi connectivity index (χ1) is 4.77. The van der Waals surface area contributed by atoms with Crippen molar-refractivity contribution in [3.05, 3.63) is 19.1 Å². The average Bonchev–Trinajstić information content (AvgIpc) is 1.87. The van der Waals surface area contributed by atoms with Gasteiger partial charge in [-0.25, -0.2) is 0 Å². The van der Waals surface area contributed by atoms with Gasteiger partial charge in [0.2, 0.25) is 0 Å². The van der Waals surface area contributed by atoms with Crippen molar-refractivity contribution in [3.8, 4) is 0 Å². The first kappa shape index (κ1) is 9.74. The molecular formula is C10H19. The van der Waals surface area contributed by atoms with Crippen molar-refractivity contribution in [2.75, 3.05) is 0 Å². The van der Waals surface area contributed by atoms with E-state index in [9.17, 15) is 0 Å². The largest absolute Gasteiger partial charge is 0.0883 e. The fraction of sp³-hybridized carbons (Fsp3) is 0.700. The molecule has 1 radical (unpaired) electrons. The third-order valence-electron chi connectivity index (χ3n) is 1.44. The van der Waals surface area contributed by atoms with E-state index >= 15 is 0 Å². The maximum absolute atomic E-state index is 3.87. The molecule has 0 aliphatic carbocycles. The minimum Gasteiger partial charge on any atom is -0.0883 e. The quantitative estimate of drug-likeness (QED) is 0.403. The van der Waals surface area contributed by atoms with Crippen LogP contribution in [0.3, 0.4) is 0 Å². The van der Waals surface area contributed by atoms with E-state index in [0.29, 0.717) is 5.92 Å². The van der Waals surface area contributed by atoms with Gasteiger partial charge in [0.1, 0.15) is 0 Å². The van der Waals surface area contributed by atoms with E-state index in [1.165, 1.54) is 25.7 Å². The summed E-state index contributed by atoms with van der Waals surface area (Å²) in [6, 6.07) is 0. The zero-order chi connectivity index (χ0) is 7.82. The summed E-state index contributed by atoms with van der Waals surface area (Å²) in [6.45, 7) is 8.21. The van der Waals surface area contributed by atoms with Crippen LogP contribution in [0.15, 0.2) is 12.2 Å². The lowest BCUT2D eigenvalue weighted by atomic mass is 10.1. The lowest BCUT2D eigenvalue weighted by Gasteiger charge is -1.93. The van der Waals surface area contributed by atoms with Crippen molar-refractivity contribution in [2.24, 2.45) is 5.92 Å². The summed E-state index contributed by atoms with van der Waals surface area (Å²) >= 11 is 0. The van der Waals surface area contributed by atoms with Crippen LogP contribution in [0, 0.1) is 12.8 Å². The van der Waals surface area contributed by atoms with Crippen LogP contribution in [0.25, 0.3) is 0 Å². The number of rotatable bonds is 5. The molecule has 0 bridgehead atoms. The highest BCUT2D eigenvalue weighted by Crippen LogP contribution is 2.01. The van der Waals surface area contributed by atoms with Crippen LogP contribution in [-0.4, -0.2) is 0 Å². The Morgan fingerprint density at radius 3 is 2.60 bits per heavy atom. The van der Waals surface area contributed by atoms with E-state index in [2.05, 4.69) is 32.9 Å². The van der Waals surface area contributed by atoms with Gasteiger partial charge in [-0.1, -0.05) is 38.8 Å². The molecule has 0 amide bonds. The summed E-state index contributed by atoms with van der Waals surface area (Å²) in [4.78, 5) is 0. The molecule has 1 unspecified atom stereocenters. The predicted octanol–water partition coefficient (Wildman–Crippen LogP) is 3.59. The van der Waals surface area contributed by atoms with E-state index in [1.807, 2.05) is 0 Å². The molecule has 10 heavy (non-hydrogen) atoms. The Morgan fingerprint density at radius 1 is 1.40 bits per heavy atom. The maximum Gasteiger partial charge on any atom is -0.0262 e. The van der Waals surface area contributed by atoms with Gasteiger partial charge in [-0.3, -0.25) is 0 Å². The second kappa shape index (κ2) is 6.85. The number of allylic oxidation sites excluding steroid dienone is 2. The van der Waals surface area contributed by atoms with Crippen LogP contribution >= 0.6 is 0 Å².